The van der Waals surface area contributed by atoms with Crippen molar-refractivity contribution in [2.75, 3.05) is 18.1 Å². The molecular weight excluding hydrogens is 353 g/mol. The molecule has 0 fully saturated rings. The Hall–Kier alpha value is -2.96. The number of carbonyl (C=O) groups is 3. The molecule has 0 spiro atoms. The van der Waals surface area contributed by atoms with Crippen LogP contribution in [-0.4, -0.2) is 30.9 Å². The number of nitrogens with zero attached hydrogens (tertiary/aromatic N) is 1. The molecule has 0 saturated heterocycles. The lowest BCUT2D eigenvalue weighted by molar-refractivity contribution is -0.142. The predicted molar refractivity (Wildman–Crippen MR) is 97.2 cm³/mol. The van der Waals surface area contributed by atoms with Crippen LogP contribution in [-0.2, 0) is 23.9 Å². The average Bonchev–Trinajstić information content (AvgIpc) is 2.62. The van der Waals surface area contributed by atoms with Gasteiger partial charge in [0, 0.05) is 23.4 Å². The minimum Gasteiger partial charge on any atom is -0.463 e. The van der Waals surface area contributed by atoms with Crippen molar-refractivity contribution in [2.24, 2.45) is 0 Å². The summed E-state index contributed by atoms with van der Waals surface area (Å²) < 4.78 is 23.6. The summed E-state index contributed by atoms with van der Waals surface area (Å²) in [5, 5.41) is 0. The maximum absolute atomic E-state index is 13.4. The predicted octanol–water partition coefficient (Wildman–Crippen LogP) is 3.28. The molecule has 1 aromatic carbocycles. The number of hydrogen-bond donors (Lipinski definition) is 0. The van der Waals surface area contributed by atoms with Crippen LogP contribution in [0.1, 0.15) is 34.1 Å². The maximum atomic E-state index is 13.4. The van der Waals surface area contributed by atoms with Gasteiger partial charge in [0.05, 0.1) is 18.8 Å². The number of hydrogen-bond acceptors (Lipinski definition) is 6. The van der Waals surface area contributed by atoms with Crippen LogP contribution >= 0.6 is 0 Å². The summed E-state index contributed by atoms with van der Waals surface area (Å²) in [5.74, 6) is -2.09. The van der Waals surface area contributed by atoms with Crippen molar-refractivity contribution in [3.05, 3.63) is 52.6 Å². The van der Waals surface area contributed by atoms with E-state index >= 15 is 0 Å². The minimum atomic E-state index is -0.716. The lowest BCUT2D eigenvalue weighted by Crippen LogP contribution is -2.35. The van der Waals surface area contributed by atoms with Gasteiger partial charge in [-0.1, -0.05) is 0 Å². The van der Waals surface area contributed by atoms with E-state index in [0.29, 0.717) is 17.0 Å². The zero-order valence-corrected chi connectivity index (χ0v) is 15.8. The fraction of sp³-hybridized carbons (Fsp3) is 0.350. The second-order valence-corrected chi connectivity index (χ2v) is 5.88. The number of ketones is 1. The molecule has 27 heavy (non-hydrogen) atoms. The van der Waals surface area contributed by atoms with Crippen LogP contribution in [0.3, 0.4) is 0 Å². The third-order valence-electron chi connectivity index (χ3n) is 4.14. The summed E-state index contributed by atoms with van der Waals surface area (Å²) >= 11 is 0. The Kier molecular flexibility index (Phi) is 6.50. The van der Waals surface area contributed by atoms with Gasteiger partial charge < -0.3 is 14.4 Å². The van der Waals surface area contributed by atoms with Crippen molar-refractivity contribution in [1.29, 1.82) is 0 Å². The van der Waals surface area contributed by atoms with Gasteiger partial charge in [-0.05, 0) is 52.0 Å². The largest absolute Gasteiger partial charge is 0.463 e. The first kappa shape index (κ1) is 20.4. The molecule has 1 aromatic rings. The number of ether oxygens (including phenoxy) is 2. The first-order chi connectivity index (χ1) is 12.8. The summed E-state index contributed by atoms with van der Waals surface area (Å²) in [6.07, 6.45) is -0.0359. The third kappa shape index (κ3) is 4.24. The van der Waals surface area contributed by atoms with E-state index in [9.17, 15) is 18.8 Å². The summed E-state index contributed by atoms with van der Waals surface area (Å²) in [6.45, 7) is 6.58. The minimum absolute atomic E-state index is 0.0237. The van der Waals surface area contributed by atoms with E-state index in [1.165, 1.54) is 36.1 Å². The van der Waals surface area contributed by atoms with Gasteiger partial charge in [-0.25, -0.2) is 14.0 Å². The van der Waals surface area contributed by atoms with Crippen molar-refractivity contribution in [3.8, 4) is 0 Å². The van der Waals surface area contributed by atoms with E-state index in [-0.39, 0.29) is 36.7 Å². The van der Waals surface area contributed by atoms with Crippen molar-refractivity contribution < 1.29 is 28.2 Å². The monoisotopic (exact) mass is 375 g/mol. The zero-order chi connectivity index (χ0) is 20.1. The number of esters is 2. The van der Waals surface area contributed by atoms with Crippen LogP contribution < -0.4 is 4.90 Å². The van der Waals surface area contributed by atoms with Gasteiger partial charge in [-0.15, -0.1) is 0 Å². The number of benzene rings is 1. The van der Waals surface area contributed by atoms with Crippen LogP contribution in [0.4, 0.5) is 10.1 Å². The lowest BCUT2D eigenvalue weighted by Gasteiger charge is -2.33. The Morgan fingerprint density at radius 2 is 1.56 bits per heavy atom. The molecule has 7 heteroatoms. The highest BCUT2D eigenvalue weighted by atomic mass is 19.1. The standard InChI is InChI=1S/C20H22FNO5/c1-5-26-19(24)17-11-16(13(4)23)12(3)22(18(17)20(25)27-6-2)15-9-7-14(21)8-10-15/h7-10H,5-6,11H2,1-4H3. The van der Waals surface area contributed by atoms with Crippen LogP contribution in [0.5, 0.6) is 0 Å². The van der Waals surface area contributed by atoms with Crippen LogP contribution in [0.25, 0.3) is 0 Å². The van der Waals surface area contributed by atoms with Gasteiger partial charge >= 0.3 is 11.9 Å². The fourth-order valence-corrected chi connectivity index (χ4v) is 2.92. The second kappa shape index (κ2) is 8.62. The molecule has 1 heterocycles. The van der Waals surface area contributed by atoms with Crippen LogP contribution in [0, 0.1) is 5.82 Å². The number of rotatable bonds is 6. The number of halogens is 1. The Morgan fingerprint density at radius 1 is 1.00 bits per heavy atom. The fourth-order valence-electron chi connectivity index (χ4n) is 2.92. The Labute approximate surface area is 157 Å². The van der Waals surface area contributed by atoms with Crippen molar-refractivity contribution in [1.82, 2.24) is 0 Å². The van der Waals surface area contributed by atoms with Crippen LogP contribution in [0.2, 0.25) is 0 Å². The van der Waals surface area contributed by atoms with Gasteiger partial charge in [-0.3, -0.25) is 4.79 Å². The van der Waals surface area contributed by atoms with E-state index < -0.39 is 17.8 Å². The highest BCUT2D eigenvalue weighted by Gasteiger charge is 2.36. The molecule has 0 N–H and O–H groups in total. The molecule has 1 aliphatic heterocycles. The molecule has 0 bridgehead atoms. The molecule has 1 aliphatic rings. The SMILES string of the molecule is CCOC(=O)C1=C(C(=O)OCC)N(c2ccc(F)cc2)C(C)=C(C(C)=O)C1. The van der Waals surface area contributed by atoms with Crippen LogP contribution in [0.15, 0.2) is 46.8 Å². The van der Waals surface area contributed by atoms with E-state index in [0.717, 1.165) is 0 Å². The number of Topliss-reactive ketones (excluding diaryl/α,β-unsaturated/α-hetero) is 1. The lowest BCUT2D eigenvalue weighted by atomic mass is 9.93. The van der Waals surface area contributed by atoms with E-state index in [1.54, 1.807) is 20.8 Å². The number of allylic oxidation sites excluding steroid dienone is 2. The molecule has 0 amide bonds. The van der Waals surface area contributed by atoms with Crippen molar-refractivity contribution >= 4 is 23.4 Å². The van der Waals surface area contributed by atoms with Gasteiger partial charge in [0.1, 0.15) is 11.5 Å². The van der Waals surface area contributed by atoms with Gasteiger partial charge in [0.15, 0.2) is 5.78 Å². The summed E-state index contributed by atoms with van der Waals surface area (Å²) in [5.41, 5.74) is 1.29. The molecule has 0 radical (unpaired) electrons. The van der Waals surface area contributed by atoms with Gasteiger partial charge in [0.25, 0.3) is 0 Å². The normalized spacial score (nSPS) is 14.3. The first-order valence-corrected chi connectivity index (χ1v) is 8.65. The topological polar surface area (TPSA) is 72.9 Å². The van der Waals surface area contributed by atoms with E-state index in [4.69, 9.17) is 9.47 Å². The molecule has 2 rings (SSSR count). The second-order valence-electron chi connectivity index (χ2n) is 5.88. The summed E-state index contributed by atoms with van der Waals surface area (Å²) in [4.78, 5) is 38.8. The van der Waals surface area contributed by atoms with Crippen molar-refractivity contribution in [3.63, 3.8) is 0 Å². The van der Waals surface area contributed by atoms with Gasteiger partial charge in [-0.2, -0.15) is 0 Å². The first-order valence-electron chi connectivity index (χ1n) is 8.65. The summed E-state index contributed by atoms with van der Waals surface area (Å²) in [7, 11) is 0. The molecule has 0 saturated carbocycles. The summed E-state index contributed by atoms with van der Waals surface area (Å²) in [6, 6.07) is 5.39. The molecule has 0 unspecified atom stereocenters. The molecular formula is C20H22FNO5. The Balaban J connectivity index is 2.73. The average molecular weight is 375 g/mol. The highest BCUT2D eigenvalue weighted by molar-refractivity contribution is 6.08. The Bertz CT molecular complexity index is 823. The molecule has 0 aromatic heterocycles. The molecule has 0 atom stereocenters. The van der Waals surface area contributed by atoms with Gasteiger partial charge in [0.2, 0.25) is 0 Å². The quantitative estimate of drug-likeness (QED) is 0.711. The number of anilines is 1. The van der Waals surface area contributed by atoms with Crippen molar-refractivity contribution in [2.45, 2.75) is 34.1 Å². The molecule has 144 valence electrons. The molecule has 0 aliphatic carbocycles. The zero-order valence-electron chi connectivity index (χ0n) is 15.8. The smallest absolute Gasteiger partial charge is 0.355 e. The number of carbonyl (C=O) groups excluding carboxylic acids is 3. The van der Waals surface area contributed by atoms with E-state index in [2.05, 4.69) is 0 Å². The maximum Gasteiger partial charge on any atom is 0.355 e. The Morgan fingerprint density at radius 3 is 2.07 bits per heavy atom. The third-order valence-corrected chi connectivity index (χ3v) is 4.14. The van der Waals surface area contributed by atoms with E-state index in [1.807, 2.05) is 0 Å². The highest BCUT2D eigenvalue weighted by Crippen LogP contribution is 2.36. The molecule has 6 nitrogen and oxygen atoms in total.